The largest absolute Gasteiger partial charge is 0.457 e. The first-order valence-corrected chi connectivity index (χ1v) is 5.69. The molecule has 0 bridgehead atoms. The highest BCUT2D eigenvalue weighted by atomic mass is 16.3. The fourth-order valence-electron chi connectivity index (χ4n) is 2.02. The summed E-state index contributed by atoms with van der Waals surface area (Å²) in [6, 6.07) is 0. The maximum atomic E-state index is 5.81. The quantitative estimate of drug-likeness (QED) is 0.658. The normalized spacial score (nSPS) is 17.6. The van der Waals surface area contributed by atoms with Gasteiger partial charge in [-0.2, -0.15) is 0 Å². The molecule has 0 aromatic carbocycles. The van der Waals surface area contributed by atoms with Gasteiger partial charge in [-0.15, -0.1) is 0 Å². The Labute approximate surface area is 90.1 Å². The Morgan fingerprint density at radius 1 is 1.27 bits per heavy atom. The van der Waals surface area contributed by atoms with Crippen LogP contribution in [0.5, 0.6) is 0 Å². The van der Waals surface area contributed by atoms with Crippen LogP contribution in [-0.4, -0.2) is 0 Å². The third kappa shape index (κ3) is 1.92. The van der Waals surface area contributed by atoms with Gasteiger partial charge in [0.2, 0.25) is 0 Å². The molecule has 2 rings (SSSR count). The molecule has 1 aromatic rings. The first-order valence-electron chi connectivity index (χ1n) is 5.69. The average Bonchev–Trinajstić information content (AvgIpc) is 2.56. The van der Waals surface area contributed by atoms with E-state index in [1.54, 1.807) is 0 Å². The molecule has 0 atom stereocenters. The summed E-state index contributed by atoms with van der Waals surface area (Å²) in [6.45, 7) is 6.43. The van der Waals surface area contributed by atoms with Crippen LogP contribution in [0, 0.1) is 5.92 Å². The fraction of sp³-hybridized carbons (Fsp3) is 0.429. The van der Waals surface area contributed by atoms with Crippen LogP contribution < -0.4 is 21.3 Å². The van der Waals surface area contributed by atoms with Crippen molar-refractivity contribution >= 4 is 24.3 Å². The summed E-state index contributed by atoms with van der Waals surface area (Å²) in [5, 5.41) is 2.57. The number of furan rings is 1. The molecule has 15 heavy (non-hydrogen) atoms. The van der Waals surface area contributed by atoms with Crippen molar-refractivity contribution in [1.29, 1.82) is 0 Å². The molecule has 0 unspecified atom stereocenters. The molecular weight excluding hydrogens is 184 g/mol. The zero-order valence-corrected chi connectivity index (χ0v) is 9.71. The van der Waals surface area contributed by atoms with E-state index in [1.807, 2.05) is 13.0 Å². The van der Waals surface area contributed by atoms with Crippen LogP contribution >= 0.6 is 0 Å². The Kier molecular flexibility index (Phi) is 2.81. The SMILES string of the molecule is C/C=c1/oc2c(/c1=C/C(C)C)=CCCC=2. The van der Waals surface area contributed by atoms with Crippen LogP contribution in [-0.2, 0) is 0 Å². The lowest BCUT2D eigenvalue weighted by atomic mass is 10.1. The summed E-state index contributed by atoms with van der Waals surface area (Å²) in [5.41, 5.74) is 2.07. The van der Waals surface area contributed by atoms with Gasteiger partial charge in [-0.25, -0.2) is 0 Å². The predicted octanol–water partition coefficient (Wildman–Crippen LogP) is 0.871. The van der Waals surface area contributed by atoms with Crippen LogP contribution in [0.2, 0.25) is 0 Å². The van der Waals surface area contributed by atoms with E-state index in [0.717, 1.165) is 23.7 Å². The fourth-order valence-corrected chi connectivity index (χ4v) is 2.02. The molecule has 1 heterocycles. The third-order valence-electron chi connectivity index (χ3n) is 2.65. The highest BCUT2D eigenvalue weighted by Gasteiger charge is 2.01. The lowest BCUT2D eigenvalue weighted by molar-refractivity contribution is 0.495. The molecule has 0 amide bonds. The third-order valence-corrected chi connectivity index (χ3v) is 2.65. The predicted molar refractivity (Wildman–Crippen MR) is 64.8 cm³/mol. The summed E-state index contributed by atoms with van der Waals surface area (Å²) < 4.78 is 5.81. The van der Waals surface area contributed by atoms with Gasteiger partial charge < -0.3 is 4.42 Å². The summed E-state index contributed by atoms with van der Waals surface area (Å²) >= 11 is 0. The molecule has 0 aliphatic heterocycles. The van der Waals surface area contributed by atoms with Crippen LogP contribution in [0.3, 0.4) is 0 Å². The summed E-state index contributed by atoms with van der Waals surface area (Å²) in [6.07, 6.45) is 11.1. The van der Waals surface area contributed by atoms with E-state index in [1.165, 1.54) is 10.4 Å². The van der Waals surface area contributed by atoms with Gasteiger partial charge in [-0.1, -0.05) is 26.0 Å². The van der Waals surface area contributed by atoms with Crippen molar-refractivity contribution in [2.24, 2.45) is 5.92 Å². The molecule has 0 radical (unpaired) electrons. The zero-order valence-electron chi connectivity index (χ0n) is 9.71. The second kappa shape index (κ2) is 4.09. The Morgan fingerprint density at radius 3 is 2.67 bits per heavy atom. The minimum Gasteiger partial charge on any atom is -0.457 e. The van der Waals surface area contributed by atoms with Crippen molar-refractivity contribution in [1.82, 2.24) is 0 Å². The lowest BCUT2D eigenvalue weighted by Gasteiger charge is -1.93. The lowest BCUT2D eigenvalue weighted by Crippen LogP contribution is -2.38. The standard InChI is InChI=1S/C14H18O/c1-4-13-12(9-10(2)3)11-7-5-6-8-14(11)15-13/h4,7-10H,5-6H2,1-3H3/b12-9-,13-4+. The molecule has 1 aliphatic carbocycles. The second-order valence-electron chi connectivity index (χ2n) is 4.34. The van der Waals surface area contributed by atoms with Crippen molar-refractivity contribution in [3.8, 4) is 0 Å². The van der Waals surface area contributed by atoms with Crippen LogP contribution in [0.15, 0.2) is 4.42 Å². The maximum absolute atomic E-state index is 5.81. The molecule has 0 saturated carbocycles. The monoisotopic (exact) mass is 202 g/mol. The van der Waals surface area contributed by atoms with Gasteiger partial charge in [0.1, 0.15) is 10.8 Å². The van der Waals surface area contributed by atoms with Gasteiger partial charge in [0.15, 0.2) is 0 Å². The summed E-state index contributed by atoms with van der Waals surface area (Å²) in [7, 11) is 0. The summed E-state index contributed by atoms with van der Waals surface area (Å²) in [5.74, 6) is 0.556. The maximum Gasteiger partial charge on any atom is 0.131 e. The van der Waals surface area contributed by atoms with Gasteiger partial charge >= 0.3 is 0 Å². The first-order chi connectivity index (χ1) is 7.22. The Hall–Kier alpha value is -1.24. The molecule has 0 fully saturated rings. The molecule has 1 aromatic heterocycles. The van der Waals surface area contributed by atoms with E-state index >= 15 is 0 Å². The van der Waals surface area contributed by atoms with E-state index in [-0.39, 0.29) is 0 Å². The Balaban J connectivity index is 2.91. The second-order valence-corrected chi connectivity index (χ2v) is 4.34. The highest BCUT2D eigenvalue weighted by Crippen LogP contribution is 1.93. The van der Waals surface area contributed by atoms with Gasteiger partial charge in [-0.3, -0.25) is 0 Å². The molecule has 0 saturated heterocycles. The van der Waals surface area contributed by atoms with Crippen molar-refractivity contribution in [2.75, 3.05) is 0 Å². The van der Waals surface area contributed by atoms with Crippen molar-refractivity contribution in [3.05, 3.63) is 21.3 Å². The van der Waals surface area contributed by atoms with E-state index in [0.29, 0.717) is 5.92 Å². The molecule has 1 heteroatoms. The molecular formula is C14H18O. The van der Waals surface area contributed by atoms with Crippen LogP contribution in [0.1, 0.15) is 33.6 Å². The van der Waals surface area contributed by atoms with E-state index in [2.05, 4.69) is 32.1 Å². The molecule has 80 valence electrons. The van der Waals surface area contributed by atoms with Gasteiger partial charge in [0.05, 0.1) is 0 Å². The molecule has 0 N–H and O–H groups in total. The van der Waals surface area contributed by atoms with Crippen molar-refractivity contribution in [2.45, 2.75) is 33.6 Å². The highest BCUT2D eigenvalue weighted by molar-refractivity contribution is 5.39. The Bertz CT molecular complexity index is 570. The van der Waals surface area contributed by atoms with E-state index in [4.69, 9.17) is 4.42 Å². The van der Waals surface area contributed by atoms with E-state index in [9.17, 15) is 0 Å². The smallest absolute Gasteiger partial charge is 0.131 e. The number of hydrogen-bond donors (Lipinski definition) is 0. The summed E-state index contributed by atoms with van der Waals surface area (Å²) in [4.78, 5) is 0. The molecule has 0 spiro atoms. The first kappa shape index (κ1) is 10.3. The van der Waals surface area contributed by atoms with Gasteiger partial charge in [0.25, 0.3) is 0 Å². The van der Waals surface area contributed by atoms with Crippen molar-refractivity contribution < 1.29 is 4.42 Å². The minimum atomic E-state index is 0.556. The minimum absolute atomic E-state index is 0.556. The number of hydrogen-bond acceptors (Lipinski definition) is 1. The number of rotatable bonds is 1. The van der Waals surface area contributed by atoms with Crippen molar-refractivity contribution in [3.63, 3.8) is 0 Å². The Morgan fingerprint density at radius 2 is 2.00 bits per heavy atom. The van der Waals surface area contributed by atoms with Crippen LogP contribution in [0.25, 0.3) is 24.3 Å². The van der Waals surface area contributed by atoms with Gasteiger partial charge in [-0.05, 0) is 37.8 Å². The molecule has 1 nitrogen and oxygen atoms in total. The van der Waals surface area contributed by atoms with E-state index < -0.39 is 0 Å². The topological polar surface area (TPSA) is 13.1 Å². The zero-order chi connectivity index (χ0) is 10.8. The van der Waals surface area contributed by atoms with Gasteiger partial charge in [0, 0.05) is 10.4 Å². The van der Waals surface area contributed by atoms with Crippen LogP contribution in [0.4, 0.5) is 0 Å². The average molecular weight is 202 g/mol. The number of fused-ring (bicyclic) bond motifs is 1. The molecule has 1 aliphatic rings.